The van der Waals surface area contributed by atoms with Gasteiger partial charge in [0.25, 0.3) is 11.8 Å². The van der Waals surface area contributed by atoms with Crippen LogP contribution in [0.5, 0.6) is 0 Å². The summed E-state index contributed by atoms with van der Waals surface area (Å²) in [7, 11) is 1.54. The van der Waals surface area contributed by atoms with Gasteiger partial charge in [-0.15, -0.1) is 6.42 Å². The zero-order valence-corrected chi connectivity index (χ0v) is 19.1. The van der Waals surface area contributed by atoms with Crippen molar-refractivity contribution >= 4 is 39.1 Å². The standard InChI is InChI=1S/C22H19BrF3N3O3/c1-5-21(9-22(25,26)10-21)8-14(30)18(31)15-11(2)17(29(4)12(15)3)20(32)28-13-6-7-27-19(24)16(13)23/h1,6-7H,8-10H2,2-4H3,(H,27,28,32). The van der Waals surface area contributed by atoms with Crippen LogP contribution in [0.15, 0.2) is 16.7 Å². The molecule has 1 amide bonds. The molecule has 2 aromatic heterocycles. The molecule has 2 aromatic rings. The van der Waals surface area contributed by atoms with Gasteiger partial charge in [0.2, 0.25) is 17.5 Å². The fourth-order valence-electron chi connectivity index (χ4n) is 4.07. The van der Waals surface area contributed by atoms with Crippen LogP contribution in [0.25, 0.3) is 0 Å². The quantitative estimate of drug-likeness (QED) is 0.271. The van der Waals surface area contributed by atoms with E-state index < -0.39 is 54.0 Å². The molecule has 168 valence electrons. The molecular formula is C22H19BrF3N3O3. The molecule has 0 saturated heterocycles. The number of nitrogens with zero attached hydrogens (tertiary/aromatic N) is 2. The highest BCUT2D eigenvalue weighted by Gasteiger charge is 2.56. The van der Waals surface area contributed by atoms with Gasteiger partial charge >= 0.3 is 0 Å². The largest absolute Gasteiger partial charge is 0.343 e. The molecule has 1 fully saturated rings. The Morgan fingerprint density at radius 3 is 2.50 bits per heavy atom. The first kappa shape index (κ1) is 23.7. The summed E-state index contributed by atoms with van der Waals surface area (Å²) in [4.78, 5) is 41.9. The van der Waals surface area contributed by atoms with Gasteiger partial charge < -0.3 is 9.88 Å². The molecule has 6 nitrogen and oxygen atoms in total. The lowest BCUT2D eigenvalue weighted by Gasteiger charge is -2.43. The maximum Gasteiger partial charge on any atom is 0.272 e. The number of ketones is 2. The maximum atomic E-state index is 13.6. The van der Waals surface area contributed by atoms with Crippen molar-refractivity contribution < 1.29 is 27.6 Å². The normalized spacial score (nSPS) is 16.1. The molecule has 3 rings (SSSR count). The minimum absolute atomic E-state index is 0.0147. The van der Waals surface area contributed by atoms with Gasteiger partial charge in [-0.3, -0.25) is 14.4 Å². The number of nitrogens with one attached hydrogen (secondary N) is 1. The van der Waals surface area contributed by atoms with Gasteiger partial charge in [0.05, 0.1) is 15.7 Å². The second kappa shape index (κ2) is 8.20. The molecule has 0 unspecified atom stereocenters. The fraction of sp³-hybridized carbons (Fsp3) is 0.364. The van der Waals surface area contributed by atoms with Crippen LogP contribution in [-0.2, 0) is 11.8 Å². The molecule has 32 heavy (non-hydrogen) atoms. The van der Waals surface area contributed by atoms with Crippen molar-refractivity contribution in [2.45, 2.75) is 39.0 Å². The predicted molar refractivity (Wildman–Crippen MR) is 114 cm³/mol. The zero-order valence-electron chi connectivity index (χ0n) is 17.5. The van der Waals surface area contributed by atoms with Crippen LogP contribution >= 0.6 is 15.9 Å². The van der Waals surface area contributed by atoms with Crippen LogP contribution in [-0.4, -0.2) is 32.9 Å². The molecule has 0 aromatic carbocycles. The summed E-state index contributed by atoms with van der Waals surface area (Å²) in [5.74, 6) is -3.93. The van der Waals surface area contributed by atoms with Crippen LogP contribution in [0.1, 0.15) is 51.4 Å². The van der Waals surface area contributed by atoms with Gasteiger partial charge in [-0.25, -0.2) is 13.8 Å². The molecule has 0 radical (unpaired) electrons. The van der Waals surface area contributed by atoms with Crippen molar-refractivity contribution in [3.63, 3.8) is 0 Å². The zero-order chi connectivity index (χ0) is 24.0. The number of halogens is 4. The van der Waals surface area contributed by atoms with Gasteiger partial charge in [0, 0.05) is 43.6 Å². The van der Waals surface area contributed by atoms with Gasteiger partial charge in [-0.2, -0.15) is 4.39 Å². The Labute approximate surface area is 190 Å². The number of Topliss-reactive ketones (excluding diaryl/α,β-unsaturated/α-hetero) is 2. The van der Waals surface area contributed by atoms with E-state index in [4.69, 9.17) is 6.42 Å². The predicted octanol–water partition coefficient (Wildman–Crippen LogP) is 4.38. The van der Waals surface area contributed by atoms with E-state index in [0.717, 1.165) is 0 Å². The third-order valence-corrected chi connectivity index (χ3v) is 6.47. The van der Waals surface area contributed by atoms with E-state index in [1.807, 2.05) is 0 Å². The number of rotatable bonds is 6. The number of pyridine rings is 1. The summed E-state index contributed by atoms with van der Waals surface area (Å²) in [6, 6.07) is 1.39. The number of alkyl halides is 2. The summed E-state index contributed by atoms with van der Waals surface area (Å²) in [6.07, 6.45) is 4.76. The molecule has 0 bridgehead atoms. The minimum Gasteiger partial charge on any atom is -0.343 e. The second-order valence-electron chi connectivity index (χ2n) is 7.97. The number of hydrogen-bond donors (Lipinski definition) is 1. The molecule has 1 N–H and O–H groups in total. The number of hydrogen-bond acceptors (Lipinski definition) is 4. The average molecular weight is 510 g/mol. The van der Waals surface area contributed by atoms with E-state index in [9.17, 15) is 27.6 Å². The number of anilines is 1. The summed E-state index contributed by atoms with van der Waals surface area (Å²) < 4.78 is 41.7. The topological polar surface area (TPSA) is 81.1 Å². The van der Waals surface area contributed by atoms with Gasteiger partial charge in [-0.1, -0.05) is 5.92 Å². The van der Waals surface area contributed by atoms with Crippen LogP contribution in [0.4, 0.5) is 18.9 Å². The molecule has 10 heteroatoms. The van der Waals surface area contributed by atoms with Crippen LogP contribution < -0.4 is 5.32 Å². The Morgan fingerprint density at radius 2 is 1.94 bits per heavy atom. The minimum atomic E-state index is -2.94. The lowest BCUT2D eigenvalue weighted by atomic mass is 9.63. The van der Waals surface area contributed by atoms with E-state index in [1.165, 1.54) is 30.8 Å². The van der Waals surface area contributed by atoms with E-state index in [1.54, 1.807) is 6.92 Å². The van der Waals surface area contributed by atoms with Crippen molar-refractivity contribution in [3.8, 4) is 12.3 Å². The van der Waals surface area contributed by atoms with Crippen LogP contribution in [0.3, 0.4) is 0 Å². The number of carbonyl (C=O) groups is 3. The molecule has 1 saturated carbocycles. The molecule has 1 aliphatic carbocycles. The third kappa shape index (κ3) is 4.09. The smallest absolute Gasteiger partial charge is 0.272 e. The molecular weight excluding hydrogens is 491 g/mol. The first-order valence-corrected chi connectivity index (χ1v) is 10.3. The number of aromatic nitrogens is 2. The highest BCUT2D eigenvalue weighted by atomic mass is 79.9. The molecule has 1 aliphatic rings. The maximum absolute atomic E-state index is 13.6. The number of amides is 1. The van der Waals surface area contributed by atoms with E-state index in [0.29, 0.717) is 5.69 Å². The van der Waals surface area contributed by atoms with Crippen molar-refractivity contribution in [3.05, 3.63) is 45.2 Å². The van der Waals surface area contributed by atoms with Gasteiger partial charge in [0.15, 0.2) is 0 Å². The van der Waals surface area contributed by atoms with E-state index >= 15 is 0 Å². The van der Waals surface area contributed by atoms with Crippen molar-refractivity contribution in [1.82, 2.24) is 9.55 Å². The lowest BCUT2D eigenvalue weighted by molar-refractivity contribution is -0.146. The summed E-state index contributed by atoms with van der Waals surface area (Å²) in [6.45, 7) is 3.06. The molecule has 0 spiro atoms. The van der Waals surface area contributed by atoms with Gasteiger partial charge in [0.1, 0.15) is 5.69 Å². The SMILES string of the molecule is C#CC1(CC(=O)C(=O)c2c(C)c(C(=O)Nc3ccnc(F)c3Br)n(C)c2C)CC(F)(F)C1. The monoisotopic (exact) mass is 509 g/mol. The Balaban J connectivity index is 1.88. The lowest BCUT2D eigenvalue weighted by Crippen LogP contribution is -2.47. The molecule has 0 atom stereocenters. The van der Waals surface area contributed by atoms with Gasteiger partial charge in [-0.05, 0) is 41.4 Å². The Hall–Kier alpha value is -2.93. The Kier molecular flexibility index (Phi) is 6.08. The van der Waals surface area contributed by atoms with Crippen molar-refractivity contribution in [2.75, 3.05) is 5.32 Å². The van der Waals surface area contributed by atoms with E-state index in [-0.39, 0.29) is 27.0 Å². The van der Waals surface area contributed by atoms with E-state index in [2.05, 4.69) is 32.2 Å². The highest BCUT2D eigenvalue weighted by Crippen LogP contribution is 2.53. The van der Waals surface area contributed by atoms with Crippen molar-refractivity contribution in [2.24, 2.45) is 12.5 Å². The highest BCUT2D eigenvalue weighted by molar-refractivity contribution is 9.10. The molecule has 2 heterocycles. The Morgan fingerprint density at radius 1 is 1.31 bits per heavy atom. The fourth-order valence-corrected chi connectivity index (χ4v) is 4.41. The molecule has 0 aliphatic heterocycles. The second-order valence-corrected chi connectivity index (χ2v) is 8.77. The first-order valence-electron chi connectivity index (χ1n) is 9.53. The third-order valence-electron chi connectivity index (χ3n) is 5.72. The first-order chi connectivity index (χ1) is 14.8. The summed E-state index contributed by atoms with van der Waals surface area (Å²) in [5.41, 5.74) is -0.526. The Bertz CT molecular complexity index is 1190. The summed E-state index contributed by atoms with van der Waals surface area (Å²) in [5, 5.41) is 2.54. The van der Waals surface area contributed by atoms with Crippen LogP contribution in [0.2, 0.25) is 0 Å². The number of terminal acetylenes is 1. The number of carbonyl (C=O) groups excluding carboxylic acids is 3. The summed E-state index contributed by atoms with van der Waals surface area (Å²) >= 11 is 3.01. The average Bonchev–Trinajstić information content (AvgIpc) is 2.91. The van der Waals surface area contributed by atoms with Crippen LogP contribution in [0, 0.1) is 37.6 Å². The van der Waals surface area contributed by atoms with Crippen molar-refractivity contribution in [1.29, 1.82) is 0 Å².